The molecule has 0 heterocycles. The maximum Gasteiger partial charge on any atom is 0.331 e. The van der Waals surface area contributed by atoms with Crippen LogP contribution in [0.4, 0.5) is 5.69 Å². The van der Waals surface area contributed by atoms with Gasteiger partial charge >= 0.3 is 5.97 Å². The lowest BCUT2D eigenvalue weighted by Gasteiger charge is -2.09. The first-order valence-electron chi connectivity index (χ1n) is 13.4. The second-order valence-electron chi connectivity index (χ2n) is 9.08. The number of hydrogen-bond donors (Lipinski definition) is 0. The van der Waals surface area contributed by atoms with Gasteiger partial charge in [0.2, 0.25) is 0 Å². The van der Waals surface area contributed by atoms with E-state index in [0.717, 1.165) is 48.4 Å². The average Bonchev–Trinajstić information content (AvgIpc) is 2.86. The lowest BCUT2D eigenvalue weighted by atomic mass is 10.1. The van der Waals surface area contributed by atoms with E-state index in [-0.39, 0.29) is 12.1 Å². The van der Waals surface area contributed by atoms with Crippen molar-refractivity contribution >= 4 is 23.9 Å². The first-order chi connectivity index (χ1) is 17.1. The SMILES string of the molecule is CCCCCCCCCCOc1ccc(C=Nc2ccccc2/C=C/C(=O)O[C@@H](C)CCC)cc1. The monoisotopic (exact) mass is 477 g/mol. The van der Waals surface area contributed by atoms with Crippen LogP contribution in [0.3, 0.4) is 0 Å². The highest BCUT2D eigenvalue weighted by Gasteiger charge is 2.05. The number of esters is 1. The van der Waals surface area contributed by atoms with Gasteiger partial charge in [0.25, 0.3) is 0 Å². The van der Waals surface area contributed by atoms with E-state index in [9.17, 15) is 4.79 Å². The van der Waals surface area contributed by atoms with Gasteiger partial charge in [-0.1, -0.05) is 83.4 Å². The predicted molar refractivity (Wildman–Crippen MR) is 148 cm³/mol. The van der Waals surface area contributed by atoms with Crippen LogP contribution in [0, 0.1) is 0 Å². The van der Waals surface area contributed by atoms with Crippen molar-refractivity contribution in [3.05, 3.63) is 65.7 Å². The molecule has 0 aliphatic heterocycles. The Labute approximate surface area is 212 Å². The Morgan fingerprint density at radius 3 is 2.29 bits per heavy atom. The fourth-order valence-electron chi connectivity index (χ4n) is 3.83. The maximum atomic E-state index is 12.0. The lowest BCUT2D eigenvalue weighted by Crippen LogP contribution is -2.12. The van der Waals surface area contributed by atoms with Gasteiger partial charge in [0.05, 0.1) is 18.4 Å². The number of benzene rings is 2. The zero-order valence-corrected chi connectivity index (χ0v) is 21.9. The van der Waals surface area contributed by atoms with Crippen molar-refractivity contribution in [3.8, 4) is 5.75 Å². The standard InChI is InChI=1S/C31H43NO3/c1-4-6-7-8-9-10-11-14-24-34-29-21-18-27(19-22-29)25-32-30-17-13-12-16-28(30)20-23-31(33)35-26(3)15-5-2/h12-13,16-23,25-26H,4-11,14-15,24H2,1-3H3/b23-20+,32-25?/t26-/m0/s1. The summed E-state index contributed by atoms with van der Waals surface area (Å²) in [5, 5.41) is 0. The Morgan fingerprint density at radius 2 is 1.57 bits per heavy atom. The number of hydrogen-bond acceptors (Lipinski definition) is 4. The molecule has 4 nitrogen and oxygen atoms in total. The molecule has 0 saturated carbocycles. The molecule has 0 unspecified atom stereocenters. The highest BCUT2D eigenvalue weighted by atomic mass is 16.5. The van der Waals surface area contributed by atoms with Crippen LogP contribution < -0.4 is 4.74 Å². The Morgan fingerprint density at radius 1 is 0.886 bits per heavy atom. The second kappa shape index (κ2) is 17.5. The molecule has 0 spiro atoms. The summed E-state index contributed by atoms with van der Waals surface area (Å²) < 4.78 is 11.3. The largest absolute Gasteiger partial charge is 0.494 e. The number of nitrogens with zero attached hydrogens (tertiary/aromatic N) is 1. The molecule has 0 N–H and O–H groups in total. The van der Waals surface area contributed by atoms with Crippen molar-refractivity contribution in [2.24, 2.45) is 4.99 Å². The number of carbonyl (C=O) groups excluding carboxylic acids is 1. The third kappa shape index (κ3) is 12.4. The Hall–Kier alpha value is -2.88. The Bertz CT molecular complexity index is 902. The summed E-state index contributed by atoms with van der Waals surface area (Å²) in [5.74, 6) is 0.566. The van der Waals surface area contributed by atoms with Gasteiger partial charge in [-0.15, -0.1) is 0 Å². The van der Waals surface area contributed by atoms with Crippen LogP contribution in [0.15, 0.2) is 59.6 Å². The van der Waals surface area contributed by atoms with Gasteiger partial charge in [0, 0.05) is 17.9 Å². The molecule has 2 aromatic carbocycles. The first-order valence-corrected chi connectivity index (χ1v) is 13.4. The smallest absolute Gasteiger partial charge is 0.331 e. The van der Waals surface area contributed by atoms with Crippen LogP contribution in [0.1, 0.15) is 96.1 Å². The van der Waals surface area contributed by atoms with Crippen molar-refractivity contribution in [1.82, 2.24) is 0 Å². The molecule has 0 aromatic heterocycles. The number of ether oxygens (including phenoxy) is 2. The maximum absolute atomic E-state index is 12.0. The predicted octanol–water partition coefficient (Wildman–Crippen LogP) is 8.70. The molecule has 0 saturated heterocycles. The van der Waals surface area contributed by atoms with Crippen molar-refractivity contribution < 1.29 is 14.3 Å². The fourth-order valence-corrected chi connectivity index (χ4v) is 3.83. The van der Waals surface area contributed by atoms with Crippen LogP contribution in [0.25, 0.3) is 6.08 Å². The van der Waals surface area contributed by atoms with Crippen molar-refractivity contribution in [2.45, 2.75) is 91.1 Å². The molecule has 0 aliphatic rings. The van der Waals surface area contributed by atoms with Crippen molar-refractivity contribution in [1.29, 1.82) is 0 Å². The second-order valence-corrected chi connectivity index (χ2v) is 9.08. The number of rotatable bonds is 17. The third-order valence-corrected chi connectivity index (χ3v) is 5.85. The normalized spacial score (nSPS) is 12.3. The average molecular weight is 478 g/mol. The summed E-state index contributed by atoms with van der Waals surface area (Å²) in [7, 11) is 0. The number of aliphatic imine (C=N–C) groups is 1. The van der Waals surface area contributed by atoms with E-state index in [4.69, 9.17) is 9.47 Å². The highest BCUT2D eigenvalue weighted by molar-refractivity contribution is 5.89. The van der Waals surface area contributed by atoms with E-state index in [0.29, 0.717) is 0 Å². The summed E-state index contributed by atoms with van der Waals surface area (Å²) in [6, 6.07) is 15.7. The molecule has 0 bridgehead atoms. The quantitative estimate of drug-likeness (QED) is 0.0990. The summed E-state index contributed by atoms with van der Waals surface area (Å²) in [5.41, 5.74) is 2.67. The van der Waals surface area contributed by atoms with Crippen LogP contribution in [-0.4, -0.2) is 24.9 Å². The molecule has 190 valence electrons. The van der Waals surface area contributed by atoms with E-state index < -0.39 is 0 Å². The van der Waals surface area contributed by atoms with Crippen LogP contribution >= 0.6 is 0 Å². The summed E-state index contributed by atoms with van der Waals surface area (Å²) >= 11 is 0. The molecule has 1 atom stereocenters. The lowest BCUT2D eigenvalue weighted by molar-refractivity contribution is -0.142. The van der Waals surface area contributed by atoms with Gasteiger partial charge in [-0.2, -0.15) is 0 Å². The summed E-state index contributed by atoms with van der Waals surface area (Å²) in [6.07, 6.45) is 17.2. The Balaban J connectivity index is 1.79. The van der Waals surface area contributed by atoms with E-state index in [1.165, 1.54) is 51.0 Å². The van der Waals surface area contributed by atoms with Gasteiger partial charge in [-0.25, -0.2) is 4.79 Å². The van der Waals surface area contributed by atoms with Crippen LogP contribution in [-0.2, 0) is 9.53 Å². The van der Waals surface area contributed by atoms with E-state index >= 15 is 0 Å². The van der Waals surface area contributed by atoms with Gasteiger partial charge in [-0.3, -0.25) is 4.99 Å². The number of unbranched alkanes of at least 4 members (excludes halogenated alkanes) is 7. The number of carbonyl (C=O) groups is 1. The van der Waals surface area contributed by atoms with Crippen molar-refractivity contribution in [3.63, 3.8) is 0 Å². The minimum atomic E-state index is -0.327. The first kappa shape index (κ1) is 28.4. The number of para-hydroxylation sites is 1. The molecule has 35 heavy (non-hydrogen) atoms. The van der Waals surface area contributed by atoms with Gasteiger partial charge < -0.3 is 9.47 Å². The summed E-state index contributed by atoms with van der Waals surface area (Å²) in [6.45, 7) is 7.01. The topological polar surface area (TPSA) is 47.9 Å². The molecule has 2 aromatic rings. The molecule has 0 aliphatic carbocycles. The van der Waals surface area contributed by atoms with E-state index in [1.54, 1.807) is 6.08 Å². The van der Waals surface area contributed by atoms with E-state index in [1.807, 2.05) is 61.7 Å². The Kier molecular flexibility index (Phi) is 14.2. The van der Waals surface area contributed by atoms with Gasteiger partial charge in [0.15, 0.2) is 0 Å². The van der Waals surface area contributed by atoms with Crippen molar-refractivity contribution in [2.75, 3.05) is 6.61 Å². The van der Waals surface area contributed by atoms with E-state index in [2.05, 4.69) is 18.8 Å². The van der Waals surface area contributed by atoms with Crippen LogP contribution in [0.2, 0.25) is 0 Å². The third-order valence-electron chi connectivity index (χ3n) is 5.85. The van der Waals surface area contributed by atoms with Gasteiger partial charge in [-0.05, 0) is 61.7 Å². The molecule has 0 amide bonds. The minimum absolute atomic E-state index is 0.0716. The molecule has 0 fully saturated rings. The molecule has 4 heteroatoms. The zero-order valence-electron chi connectivity index (χ0n) is 21.9. The molecule has 2 rings (SSSR count). The highest BCUT2D eigenvalue weighted by Crippen LogP contribution is 2.21. The zero-order chi connectivity index (χ0) is 25.1. The van der Waals surface area contributed by atoms with Gasteiger partial charge in [0.1, 0.15) is 5.75 Å². The summed E-state index contributed by atoms with van der Waals surface area (Å²) in [4.78, 5) is 16.7. The molecule has 0 radical (unpaired) electrons. The van der Waals surface area contributed by atoms with Crippen LogP contribution in [0.5, 0.6) is 5.75 Å². The fraction of sp³-hybridized carbons (Fsp3) is 0.484. The molecular formula is C31H43NO3. The molecular weight excluding hydrogens is 434 g/mol. The minimum Gasteiger partial charge on any atom is -0.494 e.